The van der Waals surface area contributed by atoms with Crippen LogP contribution in [0.3, 0.4) is 0 Å². The molecule has 0 aliphatic carbocycles. The van der Waals surface area contributed by atoms with Crippen LogP contribution >= 0.6 is 0 Å². The molecule has 6 heteroatoms. The Hall–Kier alpha value is -2.24. The Kier molecular flexibility index (Phi) is 7.30. The van der Waals surface area contributed by atoms with E-state index >= 15 is 0 Å². The van der Waals surface area contributed by atoms with E-state index in [1.165, 1.54) is 5.69 Å². The van der Waals surface area contributed by atoms with Gasteiger partial charge in [-0.15, -0.1) is 0 Å². The molecular weight excluding hydrogens is 326 g/mol. The molecule has 1 aromatic carbocycles. The van der Waals surface area contributed by atoms with E-state index < -0.39 is 0 Å². The smallest absolute Gasteiger partial charge is 0.225 e. The molecule has 1 unspecified atom stereocenters. The van der Waals surface area contributed by atoms with Crippen LogP contribution in [0.15, 0.2) is 35.3 Å². The molecule has 144 valence electrons. The van der Waals surface area contributed by atoms with E-state index in [4.69, 9.17) is 0 Å². The molecule has 1 aliphatic rings. The Balaban J connectivity index is 1.76. The maximum Gasteiger partial charge on any atom is 0.225 e. The lowest BCUT2D eigenvalue weighted by atomic mass is 9.96. The maximum absolute atomic E-state index is 11.9. The van der Waals surface area contributed by atoms with E-state index in [0.717, 1.165) is 31.9 Å². The van der Waals surface area contributed by atoms with E-state index in [-0.39, 0.29) is 11.3 Å². The van der Waals surface area contributed by atoms with Crippen molar-refractivity contribution in [3.63, 3.8) is 0 Å². The highest BCUT2D eigenvalue weighted by atomic mass is 16.2. The highest BCUT2D eigenvalue weighted by Crippen LogP contribution is 2.19. The molecule has 6 nitrogen and oxygen atoms in total. The molecule has 1 heterocycles. The van der Waals surface area contributed by atoms with Crippen molar-refractivity contribution >= 4 is 17.6 Å². The lowest BCUT2D eigenvalue weighted by molar-refractivity contribution is -0.128. The van der Waals surface area contributed by atoms with Crippen molar-refractivity contribution in [2.24, 2.45) is 10.4 Å². The molecule has 1 saturated heterocycles. The minimum atomic E-state index is -0.358. The Morgan fingerprint density at radius 1 is 1.19 bits per heavy atom. The van der Waals surface area contributed by atoms with Crippen molar-refractivity contribution < 1.29 is 4.79 Å². The standard InChI is InChI=1S/C20H33N5O/c1-20(2,3)18(26)22-12-13-23-19(21-4)24-16-9-8-14-25(15-16)17-10-6-5-7-11-17/h5-7,10-11,16H,8-9,12-15H2,1-4H3,(H,22,26)(H2,21,23,24). The van der Waals surface area contributed by atoms with E-state index in [1.54, 1.807) is 7.05 Å². The largest absolute Gasteiger partial charge is 0.369 e. The minimum absolute atomic E-state index is 0.0630. The van der Waals surface area contributed by atoms with Gasteiger partial charge >= 0.3 is 0 Å². The second-order valence-electron chi connectivity index (χ2n) is 7.77. The molecule has 0 spiro atoms. The fraction of sp³-hybridized carbons (Fsp3) is 0.600. The maximum atomic E-state index is 11.9. The number of guanidine groups is 1. The van der Waals surface area contributed by atoms with Crippen molar-refractivity contribution in [3.05, 3.63) is 30.3 Å². The average molecular weight is 360 g/mol. The van der Waals surface area contributed by atoms with Gasteiger partial charge < -0.3 is 20.9 Å². The molecule has 3 N–H and O–H groups in total. The third-order valence-electron chi connectivity index (χ3n) is 4.49. The molecule has 0 aromatic heterocycles. The van der Waals surface area contributed by atoms with Gasteiger partial charge in [0.25, 0.3) is 0 Å². The summed E-state index contributed by atoms with van der Waals surface area (Å²) in [6.45, 7) is 9.03. The summed E-state index contributed by atoms with van der Waals surface area (Å²) in [6, 6.07) is 10.9. The number of carbonyl (C=O) groups is 1. The molecule has 1 aromatic rings. The van der Waals surface area contributed by atoms with Crippen LogP contribution in [0.1, 0.15) is 33.6 Å². The van der Waals surface area contributed by atoms with Crippen molar-refractivity contribution in [2.45, 2.75) is 39.7 Å². The van der Waals surface area contributed by atoms with Crippen LogP contribution in [-0.2, 0) is 4.79 Å². The summed E-state index contributed by atoms with van der Waals surface area (Å²) in [5, 5.41) is 9.73. The van der Waals surface area contributed by atoms with Crippen LogP contribution in [0.4, 0.5) is 5.69 Å². The van der Waals surface area contributed by atoms with Gasteiger partial charge in [0.05, 0.1) is 0 Å². The Labute approximate surface area is 157 Å². The number of rotatable bonds is 5. The topological polar surface area (TPSA) is 68.8 Å². The van der Waals surface area contributed by atoms with E-state index in [9.17, 15) is 4.79 Å². The summed E-state index contributed by atoms with van der Waals surface area (Å²) >= 11 is 0. The summed E-state index contributed by atoms with van der Waals surface area (Å²) < 4.78 is 0. The van der Waals surface area contributed by atoms with E-state index in [2.05, 4.69) is 50.1 Å². The summed E-state index contributed by atoms with van der Waals surface area (Å²) in [7, 11) is 1.78. The van der Waals surface area contributed by atoms with Crippen molar-refractivity contribution in [1.29, 1.82) is 0 Å². The van der Waals surface area contributed by atoms with Crippen LogP contribution in [0, 0.1) is 5.41 Å². The second-order valence-corrected chi connectivity index (χ2v) is 7.77. The van der Waals surface area contributed by atoms with Gasteiger partial charge in [-0.25, -0.2) is 0 Å². The van der Waals surface area contributed by atoms with Gasteiger partial charge in [-0.3, -0.25) is 9.79 Å². The molecule has 0 radical (unpaired) electrons. The van der Waals surface area contributed by atoms with Crippen LogP contribution in [-0.4, -0.2) is 51.1 Å². The summed E-state index contributed by atoms with van der Waals surface area (Å²) in [5.74, 6) is 0.850. The Morgan fingerprint density at radius 3 is 2.54 bits per heavy atom. The first-order valence-corrected chi connectivity index (χ1v) is 9.45. The van der Waals surface area contributed by atoms with Gasteiger partial charge in [-0.05, 0) is 25.0 Å². The fourth-order valence-electron chi connectivity index (χ4n) is 2.98. The van der Waals surface area contributed by atoms with Crippen LogP contribution in [0.2, 0.25) is 0 Å². The third-order valence-corrected chi connectivity index (χ3v) is 4.49. The molecule has 1 amide bonds. The minimum Gasteiger partial charge on any atom is -0.369 e. The van der Waals surface area contributed by atoms with Crippen molar-refractivity contribution in [1.82, 2.24) is 16.0 Å². The third kappa shape index (κ3) is 6.24. The number of hydrogen-bond donors (Lipinski definition) is 3. The molecule has 1 atom stereocenters. The predicted octanol–water partition coefficient (Wildman–Crippen LogP) is 1.98. The molecule has 26 heavy (non-hydrogen) atoms. The number of benzene rings is 1. The first-order chi connectivity index (χ1) is 12.4. The monoisotopic (exact) mass is 359 g/mol. The first kappa shape index (κ1) is 20.1. The molecule has 0 bridgehead atoms. The van der Waals surface area contributed by atoms with E-state index in [1.807, 2.05) is 26.8 Å². The van der Waals surface area contributed by atoms with Gasteiger partial charge in [-0.1, -0.05) is 39.0 Å². The summed E-state index contributed by atoms with van der Waals surface area (Å²) in [4.78, 5) is 18.6. The fourth-order valence-corrected chi connectivity index (χ4v) is 2.98. The summed E-state index contributed by atoms with van der Waals surface area (Å²) in [6.07, 6.45) is 2.29. The molecular formula is C20H33N5O. The summed E-state index contributed by atoms with van der Waals surface area (Å²) in [5.41, 5.74) is 0.912. The molecule has 2 rings (SSSR count). The number of para-hydroxylation sites is 1. The zero-order valence-electron chi connectivity index (χ0n) is 16.5. The van der Waals surface area contributed by atoms with E-state index in [0.29, 0.717) is 19.1 Å². The first-order valence-electron chi connectivity index (χ1n) is 9.45. The second kappa shape index (κ2) is 9.46. The number of hydrogen-bond acceptors (Lipinski definition) is 3. The molecule has 1 aliphatic heterocycles. The highest BCUT2D eigenvalue weighted by Gasteiger charge is 2.22. The number of amides is 1. The van der Waals surface area contributed by atoms with Gasteiger partial charge in [0.2, 0.25) is 5.91 Å². The number of carbonyl (C=O) groups excluding carboxylic acids is 1. The lowest BCUT2D eigenvalue weighted by Crippen LogP contribution is -2.52. The number of anilines is 1. The number of nitrogens with zero attached hydrogens (tertiary/aromatic N) is 2. The van der Waals surface area contributed by atoms with Gasteiger partial charge in [-0.2, -0.15) is 0 Å². The normalized spacial score (nSPS) is 18.4. The van der Waals surface area contributed by atoms with Gasteiger partial charge in [0.1, 0.15) is 0 Å². The van der Waals surface area contributed by atoms with Crippen molar-refractivity contribution in [3.8, 4) is 0 Å². The van der Waals surface area contributed by atoms with Gasteiger partial charge in [0, 0.05) is 50.4 Å². The molecule has 0 saturated carbocycles. The Bertz CT molecular complexity index is 594. The number of nitrogens with one attached hydrogen (secondary N) is 3. The lowest BCUT2D eigenvalue weighted by Gasteiger charge is -2.35. The SMILES string of the molecule is CN=C(NCCNC(=O)C(C)(C)C)NC1CCCN(c2ccccc2)C1. The van der Waals surface area contributed by atoms with Crippen LogP contribution < -0.4 is 20.9 Å². The molecule has 1 fully saturated rings. The number of piperidine rings is 1. The van der Waals surface area contributed by atoms with Gasteiger partial charge in [0.15, 0.2) is 5.96 Å². The zero-order chi connectivity index (χ0) is 19.0. The van der Waals surface area contributed by atoms with Crippen LogP contribution in [0.25, 0.3) is 0 Å². The zero-order valence-corrected chi connectivity index (χ0v) is 16.5. The highest BCUT2D eigenvalue weighted by molar-refractivity contribution is 5.82. The average Bonchev–Trinajstić information content (AvgIpc) is 2.64. The predicted molar refractivity (Wildman–Crippen MR) is 109 cm³/mol. The van der Waals surface area contributed by atoms with Crippen molar-refractivity contribution in [2.75, 3.05) is 38.1 Å². The quantitative estimate of drug-likeness (QED) is 0.427. The van der Waals surface area contributed by atoms with Crippen LogP contribution in [0.5, 0.6) is 0 Å². The number of aliphatic imine (C=N–C) groups is 1. The Morgan fingerprint density at radius 2 is 1.88 bits per heavy atom.